The van der Waals surface area contributed by atoms with Gasteiger partial charge in [0.1, 0.15) is 0 Å². The van der Waals surface area contributed by atoms with Gasteiger partial charge < -0.3 is 17.5 Å². The van der Waals surface area contributed by atoms with E-state index in [1.807, 2.05) is 0 Å². The van der Waals surface area contributed by atoms with Crippen molar-refractivity contribution in [1.82, 2.24) is 4.72 Å². The SMILES string of the molecule is CCCCCCCC/C=C\CCCCCCCCN[S-]. The van der Waals surface area contributed by atoms with E-state index < -0.39 is 0 Å². The first-order valence-electron chi connectivity index (χ1n) is 8.91. The van der Waals surface area contributed by atoms with Crippen LogP contribution >= 0.6 is 0 Å². The third-order valence-corrected chi connectivity index (χ3v) is 3.99. The van der Waals surface area contributed by atoms with Crippen molar-refractivity contribution in [3.8, 4) is 0 Å². The second-order valence-electron chi connectivity index (χ2n) is 5.83. The molecule has 0 heterocycles. The van der Waals surface area contributed by atoms with E-state index in [1.54, 1.807) is 0 Å². The zero-order valence-corrected chi connectivity index (χ0v) is 14.5. The van der Waals surface area contributed by atoms with Crippen LogP contribution in [-0.4, -0.2) is 6.54 Å². The van der Waals surface area contributed by atoms with Crippen molar-refractivity contribution in [3.63, 3.8) is 0 Å². The minimum Gasteiger partial charge on any atom is -0.705 e. The van der Waals surface area contributed by atoms with Crippen molar-refractivity contribution in [3.05, 3.63) is 12.2 Å². The largest absolute Gasteiger partial charge is 0.705 e. The molecule has 0 radical (unpaired) electrons. The van der Waals surface area contributed by atoms with Crippen molar-refractivity contribution in [2.24, 2.45) is 0 Å². The van der Waals surface area contributed by atoms with Gasteiger partial charge in [-0.25, -0.2) is 0 Å². The van der Waals surface area contributed by atoms with Gasteiger partial charge in [0.15, 0.2) is 0 Å². The maximum Gasteiger partial charge on any atom is -0.0264 e. The van der Waals surface area contributed by atoms with Gasteiger partial charge in [-0.3, -0.25) is 0 Å². The van der Waals surface area contributed by atoms with E-state index in [2.05, 4.69) is 23.8 Å². The van der Waals surface area contributed by atoms with E-state index in [1.165, 1.54) is 89.9 Å². The lowest BCUT2D eigenvalue weighted by Gasteiger charge is -2.06. The predicted molar refractivity (Wildman–Crippen MR) is 94.8 cm³/mol. The summed E-state index contributed by atoms with van der Waals surface area (Å²) in [5, 5.41) is 0. The molecule has 0 saturated heterocycles. The summed E-state index contributed by atoms with van der Waals surface area (Å²) >= 11 is 4.70. The van der Waals surface area contributed by atoms with E-state index in [0.29, 0.717) is 0 Å². The fraction of sp³-hybridized carbons (Fsp3) is 0.889. The second kappa shape index (κ2) is 19.1. The van der Waals surface area contributed by atoms with Crippen LogP contribution in [0.25, 0.3) is 0 Å². The molecule has 0 amide bonds. The quantitative estimate of drug-likeness (QED) is 0.211. The molecule has 120 valence electrons. The molecule has 0 aromatic heterocycles. The molecular weight excluding hydrogens is 262 g/mol. The summed E-state index contributed by atoms with van der Waals surface area (Å²) in [5.74, 6) is 0. The number of allylic oxidation sites excluding steroid dienone is 2. The Kier molecular flexibility index (Phi) is 19.1. The molecule has 0 saturated carbocycles. The third-order valence-electron chi connectivity index (χ3n) is 3.79. The average Bonchev–Trinajstić information content (AvgIpc) is 2.47. The molecule has 20 heavy (non-hydrogen) atoms. The van der Waals surface area contributed by atoms with Crippen LogP contribution in [0.5, 0.6) is 0 Å². The Morgan fingerprint density at radius 3 is 1.60 bits per heavy atom. The van der Waals surface area contributed by atoms with E-state index in [9.17, 15) is 0 Å². The first kappa shape index (κ1) is 20.1. The Morgan fingerprint density at radius 2 is 1.10 bits per heavy atom. The molecule has 0 atom stereocenters. The first-order valence-corrected chi connectivity index (χ1v) is 9.32. The highest BCUT2D eigenvalue weighted by Gasteiger charge is 1.90. The molecule has 0 aromatic rings. The lowest BCUT2D eigenvalue weighted by Crippen LogP contribution is -2.04. The van der Waals surface area contributed by atoms with E-state index in [-0.39, 0.29) is 0 Å². The maximum atomic E-state index is 4.70. The molecule has 0 unspecified atom stereocenters. The minimum atomic E-state index is 0.997. The van der Waals surface area contributed by atoms with Crippen LogP contribution in [0, 0.1) is 0 Å². The zero-order chi connectivity index (χ0) is 14.7. The van der Waals surface area contributed by atoms with Crippen molar-refractivity contribution >= 4 is 12.8 Å². The van der Waals surface area contributed by atoms with Gasteiger partial charge in [0.2, 0.25) is 0 Å². The number of hydrogen-bond acceptors (Lipinski definition) is 2. The van der Waals surface area contributed by atoms with E-state index in [4.69, 9.17) is 12.8 Å². The molecular formula is C18H36NS-. The van der Waals surface area contributed by atoms with E-state index in [0.717, 1.165) is 6.54 Å². The molecule has 0 aliphatic rings. The third kappa shape index (κ3) is 18.0. The highest BCUT2D eigenvalue weighted by Crippen LogP contribution is 2.09. The molecule has 0 fully saturated rings. The predicted octanol–water partition coefficient (Wildman–Crippen LogP) is 6.08. The first-order chi connectivity index (χ1) is 9.91. The summed E-state index contributed by atoms with van der Waals surface area (Å²) in [5.41, 5.74) is 0. The number of hydrogen-bond donors (Lipinski definition) is 1. The summed E-state index contributed by atoms with van der Waals surface area (Å²) < 4.78 is 2.79. The summed E-state index contributed by atoms with van der Waals surface area (Å²) in [7, 11) is 0. The van der Waals surface area contributed by atoms with Crippen LogP contribution in [0.4, 0.5) is 0 Å². The standard InChI is InChI=1S/C18H36NS/c1-2-3-4-5-6-7-8-9-10-11-12-13-14-15-16-17-18-19-20/h9-10,19H,2-8,11-18H2,1H3/q-1/b10-9-. The summed E-state index contributed by atoms with van der Waals surface area (Å²) in [6.07, 6.45) is 23.9. The zero-order valence-electron chi connectivity index (χ0n) is 13.7. The molecule has 1 N–H and O–H groups in total. The Balaban J connectivity index is 3.01. The monoisotopic (exact) mass is 298 g/mol. The van der Waals surface area contributed by atoms with Gasteiger partial charge in [-0.15, -0.1) is 0 Å². The van der Waals surface area contributed by atoms with Crippen molar-refractivity contribution in [2.45, 2.75) is 96.8 Å². The highest BCUT2D eigenvalue weighted by atomic mass is 32.1. The van der Waals surface area contributed by atoms with Crippen LogP contribution in [0.15, 0.2) is 12.2 Å². The lowest BCUT2D eigenvalue weighted by atomic mass is 10.1. The van der Waals surface area contributed by atoms with Crippen molar-refractivity contribution in [1.29, 1.82) is 0 Å². The summed E-state index contributed by atoms with van der Waals surface area (Å²) in [4.78, 5) is 0. The smallest absolute Gasteiger partial charge is 0.0264 e. The Hall–Kier alpha value is 0.0500. The molecule has 1 nitrogen and oxygen atoms in total. The van der Waals surface area contributed by atoms with Gasteiger partial charge in [-0.2, -0.15) is 0 Å². The number of rotatable bonds is 16. The topological polar surface area (TPSA) is 12.0 Å². The average molecular weight is 299 g/mol. The van der Waals surface area contributed by atoms with Crippen LogP contribution in [0.2, 0.25) is 0 Å². The number of unbranched alkanes of at least 4 members (excludes halogenated alkanes) is 12. The van der Waals surface area contributed by atoms with Gasteiger partial charge in [0.25, 0.3) is 0 Å². The fourth-order valence-corrected chi connectivity index (χ4v) is 2.59. The van der Waals surface area contributed by atoms with E-state index >= 15 is 0 Å². The highest BCUT2D eigenvalue weighted by molar-refractivity contribution is 7.56. The summed E-state index contributed by atoms with van der Waals surface area (Å²) in [6, 6.07) is 0. The number of nitrogens with one attached hydrogen (secondary N) is 1. The lowest BCUT2D eigenvalue weighted by molar-refractivity contribution is 0.595. The fourth-order valence-electron chi connectivity index (χ4n) is 2.44. The van der Waals surface area contributed by atoms with Gasteiger partial charge in [-0.1, -0.05) is 76.9 Å². The minimum absolute atomic E-state index is 0.997. The van der Waals surface area contributed by atoms with Crippen LogP contribution in [0.1, 0.15) is 96.8 Å². The normalized spacial score (nSPS) is 11.5. The molecule has 2 heteroatoms. The molecule has 0 aliphatic heterocycles. The van der Waals surface area contributed by atoms with Gasteiger partial charge in [0, 0.05) is 0 Å². The Bertz CT molecular complexity index is 192. The molecule has 0 rings (SSSR count). The molecule has 0 spiro atoms. The Morgan fingerprint density at radius 1 is 0.650 bits per heavy atom. The van der Waals surface area contributed by atoms with Crippen molar-refractivity contribution in [2.75, 3.05) is 6.54 Å². The van der Waals surface area contributed by atoms with Crippen LogP contribution in [-0.2, 0) is 12.8 Å². The van der Waals surface area contributed by atoms with Gasteiger partial charge >= 0.3 is 0 Å². The molecule has 0 bridgehead atoms. The maximum absolute atomic E-state index is 4.70. The Labute approximate surface area is 133 Å². The van der Waals surface area contributed by atoms with Gasteiger partial charge in [-0.05, 0) is 38.6 Å². The second-order valence-corrected chi connectivity index (χ2v) is 6.12. The molecule has 0 aliphatic carbocycles. The van der Waals surface area contributed by atoms with Gasteiger partial charge in [0.05, 0.1) is 0 Å². The van der Waals surface area contributed by atoms with Crippen LogP contribution in [0.3, 0.4) is 0 Å². The van der Waals surface area contributed by atoms with Crippen LogP contribution < -0.4 is 4.72 Å². The molecule has 0 aromatic carbocycles. The summed E-state index contributed by atoms with van der Waals surface area (Å²) in [6.45, 7) is 3.28. The van der Waals surface area contributed by atoms with Crippen molar-refractivity contribution < 1.29 is 0 Å².